The molecule has 1 N–H and O–H groups in total. The van der Waals surface area contributed by atoms with Crippen molar-refractivity contribution in [3.8, 4) is 0 Å². The molecule has 0 unspecified atom stereocenters. The maximum absolute atomic E-state index is 10.7. The van der Waals surface area contributed by atoms with E-state index in [1.807, 2.05) is 0 Å². The number of likely N-dealkylation sites (tertiary alicyclic amines) is 1. The molecule has 0 aromatic rings. The first-order chi connectivity index (χ1) is 5.62. The van der Waals surface area contributed by atoms with Crippen LogP contribution >= 0.6 is 0 Å². The Kier molecular flexibility index (Phi) is 1.63. The Hall–Kier alpha value is -0.610. The lowest BCUT2D eigenvalue weighted by Crippen LogP contribution is -2.65. The molecule has 0 spiro atoms. The van der Waals surface area contributed by atoms with Gasteiger partial charge in [-0.3, -0.25) is 9.69 Å². The lowest BCUT2D eigenvalue weighted by Gasteiger charge is -2.51. The van der Waals surface area contributed by atoms with Crippen LogP contribution in [0.5, 0.6) is 0 Å². The lowest BCUT2D eigenvalue weighted by molar-refractivity contribution is -0.171. The maximum atomic E-state index is 10.7. The molecule has 12 heavy (non-hydrogen) atoms. The zero-order valence-electron chi connectivity index (χ0n) is 7.12. The van der Waals surface area contributed by atoms with Crippen LogP contribution in [0.2, 0.25) is 0 Å². The molecule has 2 saturated heterocycles. The summed E-state index contributed by atoms with van der Waals surface area (Å²) in [5.74, 6) is -0.681. The highest BCUT2D eigenvalue weighted by Crippen LogP contribution is 2.33. The molecule has 0 aromatic heterocycles. The third-order valence-corrected chi connectivity index (χ3v) is 2.76. The molecule has 2 aliphatic heterocycles. The zero-order chi connectivity index (χ0) is 8.77. The molecular formula is C8H13NO3. The van der Waals surface area contributed by atoms with Gasteiger partial charge in [0.2, 0.25) is 0 Å². The Morgan fingerprint density at radius 2 is 2.17 bits per heavy atom. The van der Waals surface area contributed by atoms with Crippen molar-refractivity contribution in [3.63, 3.8) is 0 Å². The fraction of sp³-hybridized carbons (Fsp3) is 0.875. The Bertz CT molecular complexity index is 206. The number of rotatable bonds is 2. The van der Waals surface area contributed by atoms with Crippen molar-refractivity contribution in [1.82, 2.24) is 4.90 Å². The van der Waals surface area contributed by atoms with E-state index in [9.17, 15) is 4.79 Å². The number of carbonyl (C=O) groups is 1. The van der Waals surface area contributed by atoms with Crippen molar-refractivity contribution in [1.29, 1.82) is 0 Å². The number of nitrogens with zero attached hydrogens (tertiary/aromatic N) is 1. The number of hydrogen-bond donors (Lipinski definition) is 1. The number of carboxylic acids is 1. The van der Waals surface area contributed by atoms with E-state index in [1.54, 1.807) is 6.92 Å². The van der Waals surface area contributed by atoms with Gasteiger partial charge < -0.3 is 9.84 Å². The van der Waals surface area contributed by atoms with E-state index in [4.69, 9.17) is 9.84 Å². The van der Waals surface area contributed by atoms with Gasteiger partial charge in [0.25, 0.3) is 0 Å². The quantitative estimate of drug-likeness (QED) is 0.624. The van der Waals surface area contributed by atoms with Crippen LogP contribution in [0.3, 0.4) is 0 Å². The standard InChI is InChI=1S/C8H13NO3/c1-8(7(10)11)4-9(5-8)6-2-12-3-6/h6H,2-5H2,1H3,(H,10,11). The molecule has 2 fully saturated rings. The Morgan fingerprint density at radius 3 is 2.50 bits per heavy atom. The van der Waals surface area contributed by atoms with Crippen LogP contribution in [0.25, 0.3) is 0 Å². The van der Waals surface area contributed by atoms with Crippen LogP contribution in [0.15, 0.2) is 0 Å². The average Bonchev–Trinajstić information content (AvgIpc) is 1.79. The molecule has 4 nitrogen and oxygen atoms in total. The fourth-order valence-corrected chi connectivity index (χ4v) is 1.68. The largest absolute Gasteiger partial charge is 0.481 e. The van der Waals surface area contributed by atoms with Crippen molar-refractivity contribution >= 4 is 5.97 Å². The van der Waals surface area contributed by atoms with Crippen molar-refractivity contribution < 1.29 is 14.6 Å². The summed E-state index contributed by atoms with van der Waals surface area (Å²) in [5, 5.41) is 8.82. The van der Waals surface area contributed by atoms with Crippen molar-refractivity contribution in [2.75, 3.05) is 26.3 Å². The number of hydrogen-bond acceptors (Lipinski definition) is 3. The molecule has 0 aliphatic carbocycles. The monoisotopic (exact) mass is 171 g/mol. The van der Waals surface area contributed by atoms with Crippen LogP contribution in [0.1, 0.15) is 6.92 Å². The minimum absolute atomic E-state index is 0.484. The zero-order valence-corrected chi connectivity index (χ0v) is 7.12. The molecule has 4 heteroatoms. The Labute approximate surface area is 71.1 Å². The first-order valence-corrected chi connectivity index (χ1v) is 4.17. The van der Waals surface area contributed by atoms with Gasteiger partial charge >= 0.3 is 5.97 Å². The predicted octanol–water partition coefficient (Wildman–Crippen LogP) is -0.208. The van der Waals surface area contributed by atoms with Gasteiger partial charge in [-0.05, 0) is 6.92 Å². The fourth-order valence-electron chi connectivity index (χ4n) is 1.68. The smallest absolute Gasteiger partial charge is 0.311 e. The van der Waals surface area contributed by atoms with Crippen molar-refractivity contribution in [3.05, 3.63) is 0 Å². The SMILES string of the molecule is CC1(C(=O)O)CN(C2COC2)C1. The maximum Gasteiger partial charge on any atom is 0.311 e. The van der Waals surface area contributed by atoms with Crippen LogP contribution in [-0.4, -0.2) is 48.3 Å². The van der Waals surface area contributed by atoms with Gasteiger partial charge in [0, 0.05) is 13.1 Å². The highest BCUT2D eigenvalue weighted by Gasteiger charge is 2.48. The summed E-state index contributed by atoms with van der Waals surface area (Å²) < 4.78 is 5.03. The van der Waals surface area contributed by atoms with Gasteiger partial charge in [0.05, 0.1) is 24.7 Å². The molecule has 0 atom stereocenters. The van der Waals surface area contributed by atoms with E-state index in [-0.39, 0.29) is 0 Å². The first-order valence-electron chi connectivity index (χ1n) is 4.17. The molecule has 2 rings (SSSR count). The minimum atomic E-state index is -0.681. The second-order valence-electron chi connectivity index (χ2n) is 3.96. The molecular weight excluding hydrogens is 158 g/mol. The Balaban J connectivity index is 1.85. The molecule has 0 saturated carbocycles. The van der Waals surface area contributed by atoms with Gasteiger partial charge in [-0.25, -0.2) is 0 Å². The van der Waals surface area contributed by atoms with Gasteiger partial charge in [-0.15, -0.1) is 0 Å². The van der Waals surface area contributed by atoms with Crippen LogP contribution < -0.4 is 0 Å². The normalized spacial score (nSPS) is 29.1. The molecule has 0 aromatic carbocycles. The Morgan fingerprint density at radius 1 is 1.58 bits per heavy atom. The van der Waals surface area contributed by atoms with Gasteiger partial charge in [-0.1, -0.05) is 0 Å². The predicted molar refractivity (Wildman–Crippen MR) is 41.9 cm³/mol. The van der Waals surface area contributed by atoms with E-state index in [0.717, 1.165) is 13.2 Å². The van der Waals surface area contributed by atoms with E-state index in [0.29, 0.717) is 19.1 Å². The molecule has 2 aliphatic rings. The van der Waals surface area contributed by atoms with Crippen LogP contribution in [0.4, 0.5) is 0 Å². The summed E-state index contributed by atoms with van der Waals surface area (Å²) in [6.45, 7) is 4.70. The van der Waals surface area contributed by atoms with Crippen molar-refractivity contribution in [2.24, 2.45) is 5.41 Å². The molecule has 0 amide bonds. The third-order valence-electron chi connectivity index (χ3n) is 2.76. The van der Waals surface area contributed by atoms with E-state index in [1.165, 1.54) is 0 Å². The second-order valence-corrected chi connectivity index (χ2v) is 3.96. The van der Waals surface area contributed by atoms with Gasteiger partial charge in [-0.2, -0.15) is 0 Å². The second kappa shape index (κ2) is 2.44. The summed E-state index contributed by atoms with van der Waals surface area (Å²) >= 11 is 0. The van der Waals surface area contributed by atoms with Gasteiger partial charge in [0.1, 0.15) is 0 Å². The summed E-state index contributed by atoms with van der Waals surface area (Å²) in [6, 6.07) is 0.484. The number of ether oxygens (including phenoxy) is 1. The minimum Gasteiger partial charge on any atom is -0.481 e. The summed E-state index contributed by atoms with van der Waals surface area (Å²) in [7, 11) is 0. The summed E-state index contributed by atoms with van der Waals surface area (Å²) in [5.41, 5.74) is -0.504. The molecule has 0 bridgehead atoms. The lowest BCUT2D eigenvalue weighted by atomic mass is 9.81. The van der Waals surface area contributed by atoms with E-state index < -0.39 is 11.4 Å². The van der Waals surface area contributed by atoms with Crippen LogP contribution in [0, 0.1) is 5.41 Å². The number of carboxylic acid groups (broad SMARTS) is 1. The number of aliphatic carboxylic acids is 1. The van der Waals surface area contributed by atoms with Gasteiger partial charge in [0.15, 0.2) is 0 Å². The third kappa shape index (κ3) is 1.03. The molecule has 0 radical (unpaired) electrons. The summed E-state index contributed by atoms with van der Waals surface area (Å²) in [4.78, 5) is 12.9. The highest BCUT2D eigenvalue weighted by atomic mass is 16.5. The first kappa shape index (κ1) is 8.01. The van der Waals surface area contributed by atoms with Crippen LogP contribution in [-0.2, 0) is 9.53 Å². The summed E-state index contributed by atoms with van der Waals surface area (Å²) in [6.07, 6.45) is 0. The molecule has 2 heterocycles. The topological polar surface area (TPSA) is 49.8 Å². The molecule has 68 valence electrons. The highest BCUT2D eigenvalue weighted by molar-refractivity contribution is 5.76. The van der Waals surface area contributed by atoms with E-state index in [2.05, 4.69) is 4.90 Å². The van der Waals surface area contributed by atoms with Crippen molar-refractivity contribution in [2.45, 2.75) is 13.0 Å². The van der Waals surface area contributed by atoms with E-state index >= 15 is 0 Å². The average molecular weight is 171 g/mol.